The minimum Gasteiger partial charge on any atom is -0.457 e. The van der Waals surface area contributed by atoms with E-state index in [1.165, 1.54) is 0 Å². The van der Waals surface area contributed by atoms with Crippen molar-refractivity contribution in [1.29, 1.82) is 0 Å². The lowest BCUT2D eigenvalue weighted by Gasteiger charge is -2.04. The lowest BCUT2D eigenvalue weighted by atomic mass is 10.0. The molecule has 0 bridgehead atoms. The smallest absolute Gasteiger partial charge is 0.185 e. The summed E-state index contributed by atoms with van der Waals surface area (Å²) in [6.45, 7) is 0. The lowest BCUT2D eigenvalue weighted by molar-refractivity contribution is -0.112. The summed E-state index contributed by atoms with van der Waals surface area (Å²) in [6, 6.07) is 27.7. The standard InChI is InChI=1S/C29H24O3/c30-29-23(19-25-15-17-27(31-25)21-9-3-1-4-10-21)13-7-8-14-24(29)20-26-16-18-28(32-26)22-11-5-2-6-12-22/h1-6,9-12,15-20H,7-8,13-14H2/b23-19-,24-20+. The molecule has 5 rings (SSSR count). The Kier molecular flexibility index (Phi) is 5.71. The highest BCUT2D eigenvalue weighted by Gasteiger charge is 2.20. The molecule has 0 saturated heterocycles. The highest BCUT2D eigenvalue weighted by Crippen LogP contribution is 2.30. The average Bonchev–Trinajstić information content (AvgIpc) is 3.47. The van der Waals surface area contributed by atoms with Crippen molar-refractivity contribution >= 4 is 17.9 Å². The van der Waals surface area contributed by atoms with E-state index >= 15 is 0 Å². The number of hydrogen-bond donors (Lipinski definition) is 0. The van der Waals surface area contributed by atoms with Crippen LogP contribution in [0.2, 0.25) is 0 Å². The van der Waals surface area contributed by atoms with Gasteiger partial charge in [-0.15, -0.1) is 0 Å². The molecule has 1 aliphatic rings. The Balaban J connectivity index is 1.40. The summed E-state index contributed by atoms with van der Waals surface area (Å²) < 4.78 is 12.0. The van der Waals surface area contributed by atoms with Crippen LogP contribution in [0.3, 0.4) is 0 Å². The van der Waals surface area contributed by atoms with E-state index in [0.29, 0.717) is 11.5 Å². The van der Waals surface area contributed by atoms with Gasteiger partial charge in [-0.25, -0.2) is 0 Å². The predicted molar refractivity (Wildman–Crippen MR) is 128 cm³/mol. The second-order valence-corrected chi connectivity index (χ2v) is 8.01. The number of benzene rings is 2. The van der Waals surface area contributed by atoms with Crippen LogP contribution in [0.4, 0.5) is 0 Å². The molecular weight excluding hydrogens is 396 g/mol. The van der Waals surface area contributed by atoms with Gasteiger partial charge in [-0.2, -0.15) is 0 Å². The molecule has 2 aromatic carbocycles. The molecule has 1 aliphatic carbocycles. The summed E-state index contributed by atoms with van der Waals surface area (Å²) in [5.41, 5.74) is 3.63. The molecule has 0 aliphatic heterocycles. The Hall–Kier alpha value is -3.85. The second kappa shape index (κ2) is 9.11. The van der Waals surface area contributed by atoms with Crippen LogP contribution in [-0.4, -0.2) is 5.78 Å². The molecule has 0 N–H and O–H groups in total. The van der Waals surface area contributed by atoms with E-state index in [1.807, 2.05) is 97.1 Å². The van der Waals surface area contributed by atoms with Gasteiger partial charge < -0.3 is 8.83 Å². The Labute approximate surface area is 187 Å². The zero-order chi connectivity index (χ0) is 21.8. The molecule has 158 valence electrons. The number of rotatable bonds is 4. The third kappa shape index (κ3) is 4.42. The summed E-state index contributed by atoms with van der Waals surface area (Å²) in [5, 5.41) is 0. The molecular formula is C29H24O3. The molecule has 2 aromatic heterocycles. The number of furan rings is 2. The number of carbonyl (C=O) groups excluding carboxylic acids is 1. The maximum atomic E-state index is 13.3. The van der Waals surface area contributed by atoms with Crippen molar-refractivity contribution < 1.29 is 13.6 Å². The molecule has 2 heterocycles. The van der Waals surface area contributed by atoms with Crippen LogP contribution < -0.4 is 0 Å². The first-order valence-corrected chi connectivity index (χ1v) is 11.0. The van der Waals surface area contributed by atoms with Gasteiger partial charge in [0, 0.05) is 22.3 Å². The molecule has 3 nitrogen and oxygen atoms in total. The second-order valence-electron chi connectivity index (χ2n) is 8.01. The third-order valence-electron chi connectivity index (χ3n) is 5.73. The number of Topliss-reactive ketones (excluding diaryl/α,β-unsaturated/α-hetero) is 1. The van der Waals surface area contributed by atoms with Gasteiger partial charge in [0.05, 0.1) is 0 Å². The lowest BCUT2D eigenvalue weighted by Crippen LogP contribution is -2.03. The molecule has 0 unspecified atom stereocenters. The van der Waals surface area contributed by atoms with Gasteiger partial charge in [-0.1, -0.05) is 60.7 Å². The molecule has 0 amide bonds. The number of carbonyl (C=O) groups is 1. The van der Waals surface area contributed by atoms with Crippen LogP contribution >= 0.6 is 0 Å². The fraction of sp³-hybridized carbons (Fsp3) is 0.138. The topological polar surface area (TPSA) is 43.4 Å². The van der Waals surface area contributed by atoms with Crippen molar-refractivity contribution in [3.63, 3.8) is 0 Å². The molecule has 4 aromatic rings. The van der Waals surface area contributed by atoms with Crippen molar-refractivity contribution in [3.8, 4) is 22.6 Å². The van der Waals surface area contributed by atoms with Crippen molar-refractivity contribution in [3.05, 3.63) is 108 Å². The molecule has 1 saturated carbocycles. The maximum Gasteiger partial charge on any atom is 0.185 e. The fourth-order valence-corrected chi connectivity index (χ4v) is 4.06. The summed E-state index contributed by atoms with van der Waals surface area (Å²) in [6.07, 6.45) is 7.26. The third-order valence-corrected chi connectivity index (χ3v) is 5.73. The SMILES string of the molecule is O=C1/C(=C\c2ccc(-c3ccccc3)o2)CCCC/C1=C\c1ccc(-c2ccccc2)o1. The summed E-state index contributed by atoms with van der Waals surface area (Å²) in [7, 11) is 0. The average molecular weight is 421 g/mol. The molecule has 3 heteroatoms. The zero-order valence-electron chi connectivity index (χ0n) is 17.8. The van der Waals surface area contributed by atoms with Gasteiger partial charge in [-0.3, -0.25) is 4.79 Å². The Morgan fingerprint density at radius 3 is 1.44 bits per heavy atom. The van der Waals surface area contributed by atoms with Crippen LogP contribution in [0.15, 0.2) is 105 Å². The summed E-state index contributed by atoms with van der Waals surface area (Å²) in [5.74, 6) is 3.10. The number of allylic oxidation sites excluding steroid dienone is 2. The van der Waals surface area contributed by atoms with E-state index in [1.54, 1.807) is 0 Å². The molecule has 32 heavy (non-hydrogen) atoms. The van der Waals surface area contributed by atoms with Gasteiger partial charge in [0.1, 0.15) is 23.0 Å². The highest BCUT2D eigenvalue weighted by molar-refractivity contribution is 6.13. The predicted octanol–water partition coefficient (Wildman–Crippen LogP) is 7.82. The van der Waals surface area contributed by atoms with Crippen molar-refractivity contribution in [2.24, 2.45) is 0 Å². The minimum atomic E-state index is 0.0813. The first kappa shape index (κ1) is 20.1. The van der Waals surface area contributed by atoms with Gasteiger partial charge in [-0.05, 0) is 62.1 Å². The van der Waals surface area contributed by atoms with E-state index in [0.717, 1.165) is 59.5 Å². The number of ketones is 1. The van der Waals surface area contributed by atoms with Crippen LogP contribution in [0.1, 0.15) is 37.2 Å². The van der Waals surface area contributed by atoms with E-state index in [2.05, 4.69) is 0 Å². The molecule has 1 fully saturated rings. The van der Waals surface area contributed by atoms with Gasteiger partial charge in [0.15, 0.2) is 5.78 Å². The molecule has 0 radical (unpaired) electrons. The van der Waals surface area contributed by atoms with Gasteiger partial charge in [0.2, 0.25) is 0 Å². The van der Waals surface area contributed by atoms with E-state index in [9.17, 15) is 4.79 Å². The van der Waals surface area contributed by atoms with E-state index in [-0.39, 0.29) is 5.78 Å². The van der Waals surface area contributed by atoms with E-state index < -0.39 is 0 Å². The van der Waals surface area contributed by atoms with Crippen molar-refractivity contribution in [2.75, 3.05) is 0 Å². The summed E-state index contributed by atoms with van der Waals surface area (Å²) in [4.78, 5) is 13.3. The first-order valence-electron chi connectivity index (χ1n) is 11.0. The van der Waals surface area contributed by atoms with Gasteiger partial charge in [0.25, 0.3) is 0 Å². The molecule has 0 atom stereocenters. The van der Waals surface area contributed by atoms with Crippen LogP contribution in [0.25, 0.3) is 34.8 Å². The quantitative estimate of drug-likeness (QED) is 0.250. The first-order chi connectivity index (χ1) is 15.8. The van der Waals surface area contributed by atoms with Crippen LogP contribution in [0.5, 0.6) is 0 Å². The highest BCUT2D eigenvalue weighted by atomic mass is 16.3. The normalized spacial score (nSPS) is 17.1. The monoisotopic (exact) mass is 420 g/mol. The zero-order valence-corrected chi connectivity index (χ0v) is 17.8. The Bertz CT molecular complexity index is 1170. The van der Waals surface area contributed by atoms with Crippen molar-refractivity contribution in [2.45, 2.75) is 25.7 Å². The van der Waals surface area contributed by atoms with Crippen LogP contribution in [-0.2, 0) is 4.79 Å². The maximum absolute atomic E-state index is 13.3. The summed E-state index contributed by atoms with van der Waals surface area (Å²) >= 11 is 0. The Morgan fingerprint density at radius 1 is 0.562 bits per heavy atom. The van der Waals surface area contributed by atoms with Crippen LogP contribution in [0, 0.1) is 0 Å². The number of hydrogen-bond acceptors (Lipinski definition) is 3. The minimum absolute atomic E-state index is 0.0813. The van der Waals surface area contributed by atoms with Gasteiger partial charge >= 0.3 is 0 Å². The van der Waals surface area contributed by atoms with Crippen molar-refractivity contribution in [1.82, 2.24) is 0 Å². The van der Waals surface area contributed by atoms with E-state index in [4.69, 9.17) is 8.83 Å². The molecule has 0 spiro atoms. The Morgan fingerprint density at radius 2 is 1.00 bits per heavy atom. The largest absolute Gasteiger partial charge is 0.457 e. The fourth-order valence-electron chi connectivity index (χ4n) is 4.06.